The van der Waals surface area contributed by atoms with Crippen LogP contribution in [-0.4, -0.2) is 4.57 Å². The van der Waals surface area contributed by atoms with Gasteiger partial charge >= 0.3 is 0 Å². The van der Waals surface area contributed by atoms with Crippen molar-refractivity contribution >= 4 is 55.9 Å². The summed E-state index contributed by atoms with van der Waals surface area (Å²) in [6.07, 6.45) is 0. The summed E-state index contributed by atoms with van der Waals surface area (Å²) < 4.78 is 2.32. The number of aryl methyl sites for hydroxylation is 1. The predicted octanol–water partition coefficient (Wildman–Crippen LogP) is 16.9. The number of hydrogen-bond donors (Lipinski definition) is 0. The van der Waals surface area contributed by atoms with Gasteiger partial charge in [-0.15, -0.1) is 0 Å². The number of rotatable bonds is 10. The van der Waals surface area contributed by atoms with E-state index in [-0.39, 0.29) is 0 Å². The minimum absolute atomic E-state index is 1.09. The van der Waals surface area contributed by atoms with E-state index < -0.39 is 0 Å². The van der Waals surface area contributed by atoms with Crippen LogP contribution in [0.4, 0.5) is 34.1 Å². The molecule has 304 valence electrons. The molecule has 0 aliphatic carbocycles. The van der Waals surface area contributed by atoms with Gasteiger partial charge in [-0.25, -0.2) is 0 Å². The van der Waals surface area contributed by atoms with Crippen molar-refractivity contribution in [2.24, 2.45) is 7.05 Å². The highest BCUT2D eigenvalue weighted by molar-refractivity contribution is 6.11. The van der Waals surface area contributed by atoms with Crippen LogP contribution < -0.4 is 9.80 Å². The number of benzene rings is 10. The Labute approximate surface area is 375 Å². The highest BCUT2D eigenvalue weighted by atomic mass is 15.1. The molecule has 0 unspecified atom stereocenters. The SMILES string of the molecule is Cn1c2ccc(N(c3ccc(-c4ccccc4)cc3)c3ccc(-c4ccccc4)cc3)cc2c2cc(N(c3ccc(-c4ccccc4)cc3)c3ccc(-c4ccccc4)cc3)ccc21. The summed E-state index contributed by atoms with van der Waals surface area (Å²) in [6, 6.07) is 91.9. The molecule has 0 saturated heterocycles. The highest BCUT2D eigenvalue weighted by Crippen LogP contribution is 2.43. The van der Waals surface area contributed by atoms with Crippen molar-refractivity contribution in [1.82, 2.24) is 4.57 Å². The fraction of sp³-hybridized carbons (Fsp3) is 0.0164. The van der Waals surface area contributed by atoms with Gasteiger partial charge in [-0.3, -0.25) is 0 Å². The average Bonchev–Trinajstić information content (AvgIpc) is 3.65. The molecule has 0 amide bonds. The zero-order valence-corrected chi connectivity index (χ0v) is 35.6. The van der Waals surface area contributed by atoms with E-state index >= 15 is 0 Å². The van der Waals surface area contributed by atoms with Crippen LogP contribution in [0.5, 0.6) is 0 Å². The lowest BCUT2D eigenvalue weighted by atomic mass is 10.0. The normalized spacial score (nSPS) is 11.2. The second-order valence-electron chi connectivity index (χ2n) is 16.3. The van der Waals surface area contributed by atoms with Crippen molar-refractivity contribution in [1.29, 1.82) is 0 Å². The molecule has 3 heteroatoms. The quantitative estimate of drug-likeness (QED) is 0.136. The van der Waals surface area contributed by atoms with Crippen LogP contribution in [0.25, 0.3) is 66.3 Å². The van der Waals surface area contributed by atoms with Gasteiger partial charge in [0.2, 0.25) is 0 Å². The summed E-state index contributed by atoms with van der Waals surface area (Å²) in [5.41, 5.74) is 18.5. The summed E-state index contributed by atoms with van der Waals surface area (Å²) >= 11 is 0. The van der Waals surface area contributed by atoms with E-state index in [4.69, 9.17) is 0 Å². The van der Waals surface area contributed by atoms with Gasteiger partial charge in [0, 0.05) is 63.0 Å². The molecule has 0 saturated carbocycles. The van der Waals surface area contributed by atoms with E-state index in [0.29, 0.717) is 0 Å². The lowest BCUT2D eigenvalue weighted by molar-refractivity contribution is 1.01. The standard InChI is InChI=1S/C61H45N3/c1-62-60-40-38-56(63(52-30-22-48(23-31-52)44-14-6-2-7-15-44)53-32-24-49(25-33-53)45-16-8-3-9-17-45)42-58(60)59-43-57(39-41-61(59)62)64(54-34-26-50(27-35-54)46-18-10-4-11-19-46)55-36-28-51(29-37-55)47-20-12-5-13-21-47/h2-43H,1H3. The smallest absolute Gasteiger partial charge is 0.0490 e. The van der Waals surface area contributed by atoms with Gasteiger partial charge in [-0.05, 0) is 129 Å². The maximum Gasteiger partial charge on any atom is 0.0490 e. The van der Waals surface area contributed by atoms with Gasteiger partial charge in [0.15, 0.2) is 0 Å². The van der Waals surface area contributed by atoms with E-state index in [1.54, 1.807) is 0 Å². The lowest BCUT2D eigenvalue weighted by Gasteiger charge is -2.26. The second kappa shape index (κ2) is 16.8. The van der Waals surface area contributed by atoms with Crippen LogP contribution in [0.2, 0.25) is 0 Å². The first-order chi connectivity index (χ1) is 31.6. The minimum Gasteiger partial charge on any atom is -0.344 e. The molecule has 11 rings (SSSR count). The molecule has 0 atom stereocenters. The predicted molar refractivity (Wildman–Crippen MR) is 272 cm³/mol. The fourth-order valence-corrected chi connectivity index (χ4v) is 9.10. The third-order valence-corrected chi connectivity index (χ3v) is 12.4. The van der Waals surface area contributed by atoms with Crippen molar-refractivity contribution in [3.63, 3.8) is 0 Å². The molecule has 0 fully saturated rings. The molecule has 0 bridgehead atoms. The van der Waals surface area contributed by atoms with Crippen molar-refractivity contribution in [3.8, 4) is 44.5 Å². The summed E-state index contributed by atoms with van der Waals surface area (Å²) in [4.78, 5) is 4.75. The molecule has 11 aromatic rings. The first-order valence-electron chi connectivity index (χ1n) is 21.9. The van der Waals surface area contributed by atoms with Crippen molar-refractivity contribution in [2.45, 2.75) is 0 Å². The number of fused-ring (bicyclic) bond motifs is 3. The van der Waals surface area contributed by atoms with Crippen molar-refractivity contribution < 1.29 is 0 Å². The molecule has 0 radical (unpaired) electrons. The Kier molecular flexibility index (Phi) is 10.1. The molecule has 1 aromatic heterocycles. The number of nitrogens with zero attached hydrogens (tertiary/aromatic N) is 3. The average molecular weight is 820 g/mol. The number of aromatic nitrogens is 1. The summed E-state index contributed by atoms with van der Waals surface area (Å²) in [7, 11) is 2.18. The highest BCUT2D eigenvalue weighted by Gasteiger charge is 2.19. The van der Waals surface area contributed by atoms with Crippen molar-refractivity contribution in [3.05, 3.63) is 255 Å². The summed E-state index contributed by atoms with van der Waals surface area (Å²) in [6.45, 7) is 0. The zero-order chi connectivity index (χ0) is 42.8. The van der Waals surface area contributed by atoms with Gasteiger partial charge in [-0.1, -0.05) is 170 Å². The Balaban J connectivity index is 1.03. The molecule has 1 heterocycles. The van der Waals surface area contributed by atoms with Crippen molar-refractivity contribution in [2.75, 3.05) is 9.80 Å². The molecule has 3 nitrogen and oxygen atoms in total. The van der Waals surface area contributed by atoms with E-state index in [9.17, 15) is 0 Å². The molecule has 64 heavy (non-hydrogen) atoms. The number of anilines is 6. The molecular formula is C61H45N3. The monoisotopic (exact) mass is 819 g/mol. The first kappa shape index (κ1) is 38.5. The maximum absolute atomic E-state index is 2.38. The first-order valence-corrected chi connectivity index (χ1v) is 21.9. The van der Waals surface area contributed by atoms with E-state index in [2.05, 4.69) is 276 Å². The van der Waals surface area contributed by atoms with Crippen LogP contribution in [0, 0.1) is 0 Å². The molecule has 0 aliphatic rings. The molecule has 0 aliphatic heterocycles. The number of hydrogen-bond acceptors (Lipinski definition) is 2. The fourth-order valence-electron chi connectivity index (χ4n) is 9.10. The van der Waals surface area contributed by atoms with E-state index in [1.807, 2.05) is 0 Å². The minimum atomic E-state index is 1.09. The largest absolute Gasteiger partial charge is 0.344 e. The summed E-state index contributed by atoms with van der Waals surface area (Å²) in [5.74, 6) is 0. The third kappa shape index (κ3) is 7.40. The Morgan fingerprint density at radius 1 is 0.234 bits per heavy atom. The lowest BCUT2D eigenvalue weighted by Crippen LogP contribution is -2.10. The van der Waals surface area contributed by atoms with Crippen LogP contribution in [0.1, 0.15) is 0 Å². The van der Waals surface area contributed by atoms with Crippen LogP contribution >= 0.6 is 0 Å². The van der Waals surface area contributed by atoms with Gasteiger partial charge in [-0.2, -0.15) is 0 Å². The molecular weight excluding hydrogens is 775 g/mol. The van der Waals surface area contributed by atoms with Crippen LogP contribution in [-0.2, 0) is 7.05 Å². The third-order valence-electron chi connectivity index (χ3n) is 12.4. The maximum atomic E-state index is 2.38. The molecule has 0 N–H and O–H groups in total. The molecule has 10 aromatic carbocycles. The summed E-state index contributed by atoms with van der Waals surface area (Å²) in [5, 5.41) is 2.39. The topological polar surface area (TPSA) is 11.4 Å². The Bertz CT molecular complexity index is 2930. The van der Waals surface area contributed by atoms with Crippen LogP contribution in [0.15, 0.2) is 255 Å². The van der Waals surface area contributed by atoms with Gasteiger partial charge in [0.05, 0.1) is 0 Å². The van der Waals surface area contributed by atoms with Gasteiger partial charge < -0.3 is 14.4 Å². The van der Waals surface area contributed by atoms with Crippen LogP contribution in [0.3, 0.4) is 0 Å². The van der Waals surface area contributed by atoms with Gasteiger partial charge in [0.25, 0.3) is 0 Å². The Hall–Kier alpha value is -8.40. The second-order valence-corrected chi connectivity index (χ2v) is 16.3. The Morgan fingerprint density at radius 2 is 0.453 bits per heavy atom. The van der Waals surface area contributed by atoms with E-state index in [0.717, 1.165) is 34.1 Å². The molecule has 0 spiro atoms. The Morgan fingerprint density at radius 3 is 0.703 bits per heavy atom. The van der Waals surface area contributed by atoms with E-state index in [1.165, 1.54) is 66.3 Å². The van der Waals surface area contributed by atoms with Gasteiger partial charge in [0.1, 0.15) is 0 Å². The zero-order valence-electron chi connectivity index (χ0n) is 35.6.